The van der Waals surface area contributed by atoms with E-state index in [9.17, 15) is 14.4 Å². The minimum atomic E-state index is -0.492. The van der Waals surface area contributed by atoms with E-state index >= 15 is 0 Å². The highest BCUT2D eigenvalue weighted by molar-refractivity contribution is 6.30. The van der Waals surface area contributed by atoms with Gasteiger partial charge in [0.15, 0.2) is 6.61 Å². The lowest BCUT2D eigenvalue weighted by Gasteiger charge is -2.20. The first-order valence-electron chi connectivity index (χ1n) is 8.86. The van der Waals surface area contributed by atoms with Gasteiger partial charge in [-0.15, -0.1) is 0 Å². The first kappa shape index (κ1) is 21.4. The molecule has 0 saturated heterocycles. The third-order valence-corrected chi connectivity index (χ3v) is 4.21. The molecule has 6 nitrogen and oxygen atoms in total. The van der Waals surface area contributed by atoms with Gasteiger partial charge in [0.25, 0.3) is 5.91 Å². The Morgan fingerprint density at radius 1 is 1.00 bits per heavy atom. The zero-order valence-electron chi connectivity index (χ0n) is 16.0. The molecule has 0 aliphatic rings. The molecule has 0 heterocycles. The first-order valence-corrected chi connectivity index (χ1v) is 9.23. The van der Waals surface area contributed by atoms with Crippen molar-refractivity contribution in [2.45, 2.75) is 26.7 Å². The van der Waals surface area contributed by atoms with Crippen LogP contribution in [0.25, 0.3) is 0 Å². The van der Waals surface area contributed by atoms with E-state index in [1.807, 2.05) is 13.8 Å². The van der Waals surface area contributed by atoms with Gasteiger partial charge in [0.05, 0.1) is 5.92 Å². The van der Waals surface area contributed by atoms with Crippen LogP contribution in [0.15, 0.2) is 48.5 Å². The Morgan fingerprint density at radius 3 is 2.18 bits per heavy atom. The number of amides is 2. The lowest BCUT2D eigenvalue weighted by molar-refractivity contribution is -0.149. The molecule has 2 N–H and O–H groups in total. The van der Waals surface area contributed by atoms with Gasteiger partial charge in [0, 0.05) is 23.3 Å². The molecular weight excluding hydrogens is 380 g/mol. The number of hydrogen-bond donors (Lipinski definition) is 2. The van der Waals surface area contributed by atoms with E-state index in [0.717, 1.165) is 5.56 Å². The number of hydrogen-bond acceptors (Lipinski definition) is 4. The van der Waals surface area contributed by atoms with Crippen molar-refractivity contribution in [2.75, 3.05) is 17.2 Å². The van der Waals surface area contributed by atoms with Crippen molar-refractivity contribution in [3.8, 4) is 0 Å². The molecule has 0 unspecified atom stereocenters. The third kappa shape index (κ3) is 6.39. The maximum absolute atomic E-state index is 12.5. The molecule has 2 aromatic carbocycles. The van der Waals surface area contributed by atoms with Crippen molar-refractivity contribution in [1.29, 1.82) is 0 Å². The van der Waals surface area contributed by atoms with Crippen LogP contribution in [-0.2, 0) is 19.1 Å². The van der Waals surface area contributed by atoms with Gasteiger partial charge in [0.1, 0.15) is 0 Å². The van der Waals surface area contributed by atoms with Gasteiger partial charge in [-0.25, -0.2) is 0 Å². The Labute approximate surface area is 169 Å². The van der Waals surface area contributed by atoms with Gasteiger partial charge in [-0.3, -0.25) is 14.4 Å². The number of carbonyl (C=O) groups is 3. The molecule has 28 heavy (non-hydrogen) atoms. The molecule has 0 aliphatic carbocycles. The van der Waals surface area contributed by atoms with E-state index in [1.54, 1.807) is 48.5 Å². The van der Waals surface area contributed by atoms with Crippen LogP contribution in [0.2, 0.25) is 5.02 Å². The van der Waals surface area contributed by atoms with Crippen molar-refractivity contribution in [3.63, 3.8) is 0 Å². The van der Waals surface area contributed by atoms with E-state index < -0.39 is 24.4 Å². The summed E-state index contributed by atoms with van der Waals surface area (Å²) in [7, 11) is 0. The summed E-state index contributed by atoms with van der Waals surface area (Å²) in [6.07, 6.45) is 0. The fourth-order valence-electron chi connectivity index (χ4n) is 2.76. The highest BCUT2D eigenvalue weighted by Gasteiger charge is 2.26. The van der Waals surface area contributed by atoms with Gasteiger partial charge in [0.2, 0.25) is 5.91 Å². The standard InChI is InChI=1S/C21H23ClN2O4/c1-13(2)20(15-7-9-16(22)10-8-15)21(27)28-12-19(26)24-18-6-4-5-17(11-18)23-14(3)25/h4-11,13,20H,12H2,1-3H3,(H,23,25)(H,24,26)/t20-/m0/s1. The lowest BCUT2D eigenvalue weighted by Crippen LogP contribution is -2.26. The molecule has 2 amide bonds. The number of halogens is 1. The Morgan fingerprint density at radius 2 is 1.61 bits per heavy atom. The Bertz CT molecular complexity index is 850. The summed E-state index contributed by atoms with van der Waals surface area (Å²) in [6, 6.07) is 13.7. The Balaban J connectivity index is 1.96. The molecule has 0 fully saturated rings. The fourth-order valence-corrected chi connectivity index (χ4v) is 2.89. The maximum atomic E-state index is 12.5. The molecule has 0 aliphatic heterocycles. The molecule has 2 aromatic rings. The van der Waals surface area contributed by atoms with E-state index in [2.05, 4.69) is 10.6 Å². The summed E-state index contributed by atoms with van der Waals surface area (Å²) in [4.78, 5) is 35.8. The highest BCUT2D eigenvalue weighted by atomic mass is 35.5. The molecule has 148 valence electrons. The number of carbonyl (C=O) groups excluding carboxylic acids is 3. The monoisotopic (exact) mass is 402 g/mol. The zero-order chi connectivity index (χ0) is 20.7. The third-order valence-electron chi connectivity index (χ3n) is 3.96. The van der Waals surface area contributed by atoms with Crippen LogP contribution < -0.4 is 10.6 Å². The van der Waals surface area contributed by atoms with E-state index in [-0.39, 0.29) is 11.8 Å². The van der Waals surface area contributed by atoms with Gasteiger partial charge < -0.3 is 15.4 Å². The SMILES string of the molecule is CC(=O)Nc1cccc(NC(=O)COC(=O)[C@H](c2ccc(Cl)cc2)C(C)C)c1. The van der Waals surface area contributed by atoms with Crippen LogP contribution in [0.3, 0.4) is 0 Å². The summed E-state index contributed by atoms with van der Waals surface area (Å²) in [5.74, 6) is -1.65. The van der Waals surface area contributed by atoms with Gasteiger partial charge in [-0.1, -0.05) is 43.6 Å². The molecule has 0 radical (unpaired) electrons. The number of esters is 1. The predicted octanol–water partition coefficient (Wildman–Crippen LogP) is 4.22. The van der Waals surface area contributed by atoms with Crippen LogP contribution in [0.4, 0.5) is 11.4 Å². The second-order valence-corrected chi connectivity index (χ2v) is 7.13. The highest BCUT2D eigenvalue weighted by Crippen LogP contribution is 2.27. The molecule has 0 aromatic heterocycles. The van der Waals surface area contributed by atoms with E-state index in [4.69, 9.17) is 16.3 Å². The van der Waals surface area contributed by atoms with Gasteiger partial charge in [-0.05, 0) is 41.8 Å². The number of anilines is 2. The van der Waals surface area contributed by atoms with Crippen LogP contribution >= 0.6 is 11.6 Å². The molecule has 7 heteroatoms. The smallest absolute Gasteiger partial charge is 0.314 e. The van der Waals surface area contributed by atoms with Crippen molar-refractivity contribution in [3.05, 3.63) is 59.1 Å². The molecule has 1 atom stereocenters. The van der Waals surface area contributed by atoms with Crippen molar-refractivity contribution < 1.29 is 19.1 Å². The first-order chi connectivity index (χ1) is 13.3. The van der Waals surface area contributed by atoms with Crippen molar-refractivity contribution in [1.82, 2.24) is 0 Å². The quantitative estimate of drug-likeness (QED) is 0.679. The minimum absolute atomic E-state index is 0.00827. The van der Waals surface area contributed by atoms with Crippen LogP contribution in [0.5, 0.6) is 0 Å². The van der Waals surface area contributed by atoms with Crippen LogP contribution in [0, 0.1) is 5.92 Å². The number of rotatable bonds is 7. The average Bonchev–Trinajstić information content (AvgIpc) is 2.61. The van der Waals surface area contributed by atoms with Gasteiger partial charge >= 0.3 is 5.97 Å². The normalized spacial score (nSPS) is 11.6. The molecule has 0 spiro atoms. The summed E-state index contributed by atoms with van der Waals surface area (Å²) in [5, 5.41) is 5.86. The van der Waals surface area contributed by atoms with E-state index in [0.29, 0.717) is 16.4 Å². The van der Waals surface area contributed by atoms with Crippen LogP contribution in [-0.4, -0.2) is 24.4 Å². The van der Waals surface area contributed by atoms with Gasteiger partial charge in [-0.2, -0.15) is 0 Å². The molecule has 0 saturated carbocycles. The number of ether oxygens (including phenoxy) is 1. The number of benzene rings is 2. The van der Waals surface area contributed by atoms with E-state index in [1.165, 1.54) is 6.92 Å². The largest absolute Gasteiger partial charge is 0.455 e. The average molecular weight is 403 g/mol. The molecule has 2 rings (SSSR count). The predicted molar refractivity (Wildman–Crippen MR) is 109 cm³/mol. The van der Waals surface area contributed by atoms with Crippen LogP contribution in [0.1, 0.15) is 32.3 Å². The summed E-state index contributed by atoms with van der Waals surface area (Å²) in [5.41, 5.74) is 1.84. The van der Waals surface area contributed by atoms with Crippen molar-refractivity contribution >= 4 is 40.8 Å². The summed E-state index contributed by atoms with van der Waals surface area (Å²) >= 11 is 5.90. The summed E-state index contributed by atoms with van der Waals surface area (Å²) in [6.45, 7) is 4.82. The summed E-state index contributed by atoms with van der Waals surface area (Å²) < 4.78 is 5.23. The maximum Gasteiger partial charge on any atom is 0.314 e. The topological polar surface area (TPSA) is 84.5 Å². The molecule has 0 bridgehead atoms. The molecular formula is C21H23ClN2O4. The lowest BCUT2D eigenvalue weighted by atomic mass is 9.88. The Hall–Kier alpha value is -2.86. The van der Waals surface area contributed by atoms with Crippen molar-refractivity contribution in [2.24, 2.45) is 5.92 Å². The Kier molecular flexibility index (Phi) is 7.58. The zero-order valence-corrected chi connectivity index (χ0v) is 16.7. The minimum Gasteiger partial charge on any atom is -0.455 e. The fraction of sp³-hybridized carbons (Fsp3) is 0.286. The second kappa shape index (κ2) is 9.90. The second-order valence-electron chi connectivity index (χ2n) is 6.69. The number of nitrogens with one attached hydrogen (secondary N) is 2.